The van der Waals surface area contributed by atoms with Crippen LogP contribution < -0.4 is 0 Å². The highest BCUT2D eigenvalue weighted by Crippen LogP contribution is 2.30. The summed E-state index contributed by atoms with van der Waals surface area (Å²) in [5.41, 5.74) is 0. The summed E-state index contributed by atoms with van der Waals surface area (Å²) in [6.45, 7) is 0.226. The molecule has 0 aromatic carbocycles. The van der Waals surface area contributed by atoms with E-state index in [1.165, 1.54) is 0 Å². The Morgan fingerprint density at radius 2 is 1.92 bits per heavy atom. The van der Waals surface area contributed by atoms with Crippen LogP contribution in [0.3, 0.4) is 0 Å². The number of hydrogen-bond donors (Lipinski definition) is 0. The van der Waals surface area contributed by atoms with Crippen molar-refractivity contribution in [3.63, 3.8) is 0 Å². The number of hydrogen-bond acceptors (Lipinski definition) is 1. The molecular formula is C8H12BrF3O. The van der Waals surface area contributed by atoms with Gasteiger partial charge in [0.05, 0.1) is 6.10 Å². The minimum Gasteiger partial charge on any atom is -0.378 e. The highest BCUT2D eigenvalue weighted by Gasteiger charge is 2.29. The van der Waals surface area contributed by atoms with Crippen molar-refractivity contribution in [1.82, 2.24) is 0 Å². The van der Waals surface area contributed by atoms with Gasteiger partial charge in [0.15, 0.2) is 0 Å². The zero-order valence-corrected chi connectivity index (χ0v) is 8.70. The molecule has 0 bridgehead atoms. The Labute approximate surface area is 83.8 Å². The summed E-state index contributed by atoms with van der Waals surface area (Å²) in [4.78, 5) is 0.500. The van der Waals surface area contributed by atoms with Crippen LogP contribution >= 0.6 is 15.9 Å². The fourth-order valence-corrected chi connectivity index (χ4v) is 1.99. The molecule has 1 rings (SSSR count). The predicted molar refractivity (Wildman–Crippen MR) is 47.0 cm³/mol. The van der Waals surface area contributed by atoms with Crippen molar-refractivity contribution < 1.29 is 17.9 Å². The van der Waals surface area contributed by atoms with Gasteiger partial charge in [-0.25, -0.2) is 0 Å². The lowest BCUT2D eigenvalue weighted by atomic mass is 9.96. The van der Waals surface area contributed by atoms with Gasteiger partial charge >= 0.3 is 6.18 Å². The minimum absolute atomic E-state index is 0.0763. The van der Waals surface area contributed by atoms with E-state index in [2.05, 4.69) is 15.9 Å². The van der Waals surface area contributed by atoms with Crippen LogP contribution in [0, 0.1) is 0 Å². The zero-order valence-electron chi connectivity index (χ0n) is 7.11. The van der Waals surface area contributed by atoms with E-state index in [0.29, 0.717) is 4.83 Å². The highest BCUT2D eigenvalue weighted by atomic mass is 79.9. The fraction of sp³-hybridized carbons (Fsp3) is 1.00. The molecule has 0 saturated heterocycles. The highest BCUT2D eigenvalue weighted by molar-refractivity contribution is 9.09. The van der Waals surface area contributed by atoms with E-state index in [9.17, 15) is 13.2 Å². The van der Waals surface area contributed by atoms with Crippen LogP contribution in [0.4, 0.5) is 13.2 Å². The average Bonchev–Trinajstić information content (AvgIpc) is 1.91. The molecule has 0 amide bonds. The lowest BCUT2D eigenvalue weighted by Crippen LogP contribution is -2.31. The van der Waals surface area contributed by atoms with Crippen LogP contribution in [0.25, 0.3) is 0 Å². The molecule has 0 aliphatic heterocycles. The molecule has 5 heteroatoms. The molecule has 0 radical (unpaired) electrons. The molecule has 1 nitrogen and oxygen atoms in total. The van der Waals surface area contributed by atoms with Crippen LogP contribution in [0.5, 0.6) is 0 Å². The number of alkyl halides is 4. The van der Waals surface area contributed by atoms with Crippen LogP contribution in [0.2, 0.25) is 0 Å². The second-order valence-corrected chi connectivity index (χ2v) is 4.58. The number of halogens is 4. The molecule has 1 aliphatic rings. The first kappa shape index (κ1) is 11.3. The van der Waals surface area contributed by atoms with E-state index in [1.54, 1.807) is 0 Å². The van der Waals surface area contributed by atoms with Gasteiger partial charge in [-0.05, 0) is 19.3 Å². The van der Waals surface area contributed by atoms with Gasteiger partial charge in [0, 0.05) is 17.9 Å². The first-order valence-electron chi connectivity index (χ1n) is 4.30. The summed E-state index contributed by atoms with van der Waals surface area (Å²) in [5, 5.41) is 0. The maximum atomic E-state index is 11.7. The standard InChI is InChI=1S/C8H12BrF3O/c9-6-4-7(5-6)13-3-1-2-8(10,11)12/h6-7H,1-5H2. The molecule has 78 valence electrons. The zero-order chi connectivity index (χ0) is 9.90. The van der Waals surface area contributed by atoms with Gasteiger partial charge < -0.3 is 4.74 Å². The average molecular weight is 261 g/mol. The van der Waals surface area contributed by atoms with Crippen LogP contribution in [-0.2, 0) is 4.74 Å². The summed E-state index contributed by atoms with van der Waals surface area (Å²) in [6, 6.07) is 0. The van der Waals surface area contributed by atoms with Gasteiger partial charge in [0.2, 0.25) is 0 Å². The molecule has 0 unspecified atom stereocenters. The quantitative estimate of drug-likeness (QED) is 0.557. The lowest BCUT2D eigenvalue weighted by Gasteiger charge is -2.31. The Kier molecular flexibility index (Phi) is 4.04. The topological polar surface area (TPSA) is 9.23 Å². The van der Waals surface area contributed by atoms with E-state index >= 15 is 0 Å². The second-order valence-electron chi connectivity index (χ2n) is 3.28. The monoisotopic (exact) mass is 260 g/mol. The Balaban J connectivity index is 1.90. The minimum atomic E-state index is -4.04. The molecule has 1 saturated carbocycles. The molecule has 13 heavy (non-hydrogen) atoms. The third kappa shape index (κ3) is 4.86. The van der Waals surface area contributed by atoms with E-state index < -0.39 is 12.6 Å². The van der Waals surface area contributed by atoms with E-state index in [-0.39, 0.29) is 19.1 Å². The third-order valence-electron chi connectivity index (χ3n) is 2.00. The van der Waals surface area contributed by atoms with E-state index in [1.807, 2.05) is 0 Å². The molecule has 1 fully saturated rings. The van der Waals surface area contributed by atoms with Crippen molar-refractivity contribution in [3.05, 3.63) is 0 Å². The second kappa shape index (κ2) is 4.64. The fourth-order valence-electron chi connectivity index (χ4n) is 1.16. The Bertz CT molecular complexity index is 154. The predicted octanol–water partition coefficient (Wildman–Crippen LogP) is 3.27. The smallest absolute Gasteiger partial charge is 0.378 e. The summed E-state index contributed by atoms with van der Waals surface area (Å²) in [7, 11) is 0. The maximum absolute atomic E-state index is 11.7. The van der Waals surface area contributed by atoms with Crippen molar-refractivity contribution in [1.29, 1.82) is 0 Å². The van der Waals surface area contributed by atoms with Crippen molar-refractivity contribution in [2.24, 2.45) is 0 Å². The van der Waals surface area contributed by atoms with Gasteiger partial charge in [-0.2, -0.15) is 13.2 Å². The summed E-state index contributed by atoms with van der Waals surface area (Å²) in [5.74, 6) is 0. The van der Waals surface area contributed by atoms with Gasteiger partial charge in [-0.3, -0.25) is 0 Å². The van der Waals surface area contributed by atoms with Crippen LogP contribution in [0.15, 0.2) is 0 Å². The summed E-state index contributed by atoms with van der Waals surface area (Å²) >= 11 is 3.38. The molecule has 0 atom stereocenters. The molecule has 0 spiro atoms. The Morgan fingerprint density at radius 1 is 1.31 bits per heavy atom. The number of rotatable bonds is 4. The van der Waals surface area contributed by atoms with Crippen molar-refractivity contribution >= 4 is 15.9 Å². The first-order chi connectivity index (χ1) is 5.97. The lowest BCUT2D eigenvalue weighted by molar-refractivity contribution is -0.139. The van der Waals surface area contributed by atoms with Crippen LogP contribution in [-0.4, -0.2) is 23.7 Å². The van der Waals surface area contributed by atoms with Gasteiger partial charge in [0.1, 0.15) is 0 Å². The van der Waals surface area contributed by atoms with Gasteiger partial charge in [-0.15, -0.1) is 0 Å². The summed E-state index contributed by atoms with van der Waals surface area (Å²) < 4.78 is 40.2. The van der Waals surface area contributed by atoms with E-state index in [0.717, 1.165) is 12.8 Å². The Morgan fingerprint density at radius 3 is 2.38 bits per heavy atom. The molecular weight excluding hydrogens is 249 g/mol. The van der Waals surface area contributed by atoms with Crippen molar-refractivity contribution in [2.75, 3.05) is 6.61 Å². The SMILES string of the molecule is FC(F)(F)CCCOC1CC(Br)C1. The van der Waals surface area contributed by atoms with Gasteiger partial charge in [-0.1, -0.05) is 15.9 Å². The Hall–Kier alpha value is 0.230. The molecule has 0 aromatic heterocycles. The molecule has 0 aromatic rings. The maximum Gasteiger partial charge on any atom is 0.389 e. The third-order valence-corrected chi connectivity index (χ3v) is 2.74. The van der Waals surface area contributed by atoms with Crippen molar-refractivity contribution in [3.8, 4) is 0 Å². The van der Waals surface area contributed by atoms with Crippen LogP contribution in [0.1, 0.15) is 25.7 Å². The molecule has 1 aliphatic carbocycles. The normalized spacial score (nSPS) is 28.6. The van der Waals surface area contributed by atoms with E-state index in [4.69, 9.17) is 4.74 Å². The molecule has 0 N–H and O–H groups in total. The largest absolute Gasteiger partial charge is 0.389 e. The molecule has 0 heterocycles. The van der Waals surface area contributed by atoms with Gasteiger partial charge in [0.25, 0.3) is 0 Å². The first-order valence-corrected chi connectivity index (χ1v) is 5.21. The summed E-state index contributed by atoms with van der Waals surface area (Å²) in [6.07, 6.45) is -2.68. The van der Waals surface area contributed by atoms with Crippen molar-refractivity contribution in [2.45, 2.75) is 42.8 Å². The number of ether oxygens (including phenoxy) is 1.